The summed E-state index contributed by atoms with van der Waals surface area (Å²) in [6.07, 6.45) is 14.2. The second-order valence-electron chi connectivity index (χ2n) is 6.74. The molecule has 0 spiro atoms. The molecule has 0 bridgehead atoms. The van der Waals surface area contributed by atoms with Crippen LogP contribution in [-0.4, -0.2) is 12.6 Å². The van der Waals surface area contributed by atoms with Crippen LogP contribution < -0.4 is 0 Å². The van der Waals surface area contributed by atoms with E-state index in [4.69, 9.17) is 4.74 Å². The van der Waals surface area contributed by atoms with Gasteiger partial charge in [0.1, 0.15) is 6.61 Å². The second kappa shape index (κ2) is 12.8. The Kier molecular flexibility index (Phi) is 10.9. The number of aryl methyl sites for hydroxylation is 1. The van der Waals surface area contributed by atoms with Crippen LogP contribution >= 0.6 is 0 Å². The van der Waals surface area contributed by atoms with Gasteiger partial charge < -0.3 is 4.74 Å². The summed E-state index contributed by atoms with van der Waals surface area (Å²) in [4.78, 5) is 10.8. The number of hydrogen-bond acceptors (Lipinski definition) is 2. The van der Waals surface area contributed by atoms with E-state index in [1.165, 1.54) is 75.8 Å². The fraction of sp³-hybridized carbons (Fsp3) is 0.591. The van der Waals surface area contributed by atoms with Crippen molar-refractivity contribution in [2.75, 3.05) is 6.61 Å². The Bertz CT molecular complexity index is 485. The lowest BCUT2D eigenvalue weighted by Crippen LogP contribution is -2.01. The molecule has 0 aliphatic rings. The van der Waals surface area contributed by atoms with Crippen molar-refractivity contribution in [3.05, 3.63) is 41.0 Å². The van der Waals surface area contributed by atoms with Crippen molar-refractivity contribution >= 4 is 12.0 Å². The van der Waals surface area contributed by atoms with E-state index < -0.39 is 0 Å². The van der Waals surface area contributed by atoms with Gasteiger partial charge in [-0.1, -0.05) is 82.2 Å². The van der Waals surface area contributed by atoms with E-state index in [-0.39, 0.29) is 5.97 Å². The van der Waals surface area contributed by atoms with Crippen molar-refractivity contribution in [2.45, 2.75) is 78.6 Å². The summed E-state index contributed by atoms with van der Waals surface area (Å²) in [5, 5.41) is 0. The summed E-state index contributed by atoms with van der Waals surface area (Å²) >= 11 is 0. The van der Waals surface area contributed by atoms with Crippen molar-refractivity contribution < 1.29 is 9.53 Å². The smallest absolute Gasteiger partial charge is 0.302 e. The molecule has 1 aromatic carbocycles. The lowest BCUT2D eigenvalue weighted by Gasteiger charge is -2.05. The minimum absolute atomic E-state index is 0.233. The number of unbranched alkanes of at least 4 members (excludes halogenated alkanes) is 7. The molecule has 0 N–H and O–H groups in total. The van der Waals surface area contributed by atoms with Crippen molar-refractivity contribution in [3.8, 4) is 0 Å². The quantitative estimate of drug-likeness (QED) is 0.330. The lowest BCUT2D eigenvalue weighted by atomic mass is 10.0. The van der Waals surface area contributed by atoms with Crippen LogP contribution in [0.15, 0.2) is 29.8 Å². The van der Waals surface area contributed by atoms with Gasteiger partial charge in [0.05, 0.1) is 0 Å². The third kappa shape index (κ3) is 10.3. The average molecular weight is 331 g/mol. The fourth-order valence-electron chi connectivity index (χ4n) is 2.79. The highest BCUT2D eigenvalue weighted by Gasteiger charge is 1.98. The molecule has 24 heavy (non-hydrogen) atoms. The van der Waals surface area contributed by atoms with Crippen LogP contribution in [0.1, 0.15) is 83.3 Å². The third-order valence-corrected chi connectivity index (χ3v) is 4.21. The van der Waals surface area contributed by atoms with Gasteiger partial charge in [-0.15, -0.1) is 0 Å². The molecule has 0 saturated heterocycles. The Morgan fingerprint density at radius 3 is 2.08 bits per heavy atom. The van der Waals surface area contributed by atoms with Crippen LogP contribution in [0.4, 0.5) is 0 Å². The van der Waals surface area contributed by atoms with Gasteiger partial charge >= 0.3 is 5.97 Å². The SMILES string of the molecule is CCCCCCCCCCc1ccc(C=C(C)COC(C)=O)cc1. The highest BCUT2D eigenvalue weighted by molar-refractivity contribution is 5.66. The number of ether oxygens (including phenoxy) is 1. The molecule has 2 nitrogen and oxygen atoms in total. The zero-order chi connectivity index (χ0) is 17.6. The molecule has 1 aromatic rings. The molecule has 0 saturated carbocycles. The highest BCUT2D eigenvalue weighted by Crippen LogP contribution is 2.13. The van der Waals surface area contributed by atoms with E-state index in [1.807, 2.05) is 6.92 Å². The van der Waals surface area contributed by atoms with Crippen molar-refractivity contribution in [1.29, 1.82) is 0 Å². The monoisotopic (exact) mass is 330 g/mol. The number of hydrogen-bond donors (Lipinski definition) is 0. The first-order valence-corrected chi connectivity index (χ1v) is 9.51. The van der Waals surface area contributed by atoms with Crippen molar-refractivity contribution in [3.63, 3.8) is 0 Å². The van der Waals surface area contributed by atoms with Gasteiger partial charge in [-0.2, -0.15) is 0 Å². The van der Waals surface area contributed by atoms with Crippen LogP contribution in [0.3, 0.4) is 0 Å². The Hall–Kier alpha value is -1.57. The van der Waals surface area contributed by atoms with Crippen molar-refractivity contribution in [1.82, 2.24) is 0 Å². The van der Waals surface area contributed by atoms with Gasteiger partial charge in [-0.25, -0.2) is 0 Å². The lowest BCUT2D eigenvalue weighted by molar-refractivity contribution is -0.139. The largest absolute Gasteiger partial charge is 0.461 e. The summed E-state index contributed by atoms with van der Waals surface area (Å²) in [6, 6.07) is 8.73. The predicted octanol–water partition coefficient (Wildman–Crippen LogP) is 6.34. The molecule has 134 valence electrons. The average Bonchev–Trinajstić information content (AvgIpc) is 2.57. The van der Waals surface area contributed by atoms with E-state index in [1.54, 1.807) is 0 Å². The molecule has 0 aliphatic carbocycles. The summed E-state index contributed by atoms with van der Waals surface area (Å²) in [5.74, 6) is -0.233. The van der Waals surface area contributed by atoms with E-state index in [0.29, 0.717) is 6.61 Å². The highest BCUT2D eigenvalue weighted by atomic mass is 16.5. The molecule has 0 aliphatic heterocycles. The Labute approximate surface area is 148 Å². The minimum atomic E-state index is -0.233. The number of carbonyl (C=O) groups excluding carboxylic acids is 1. The molecular weight excluding hydrogens is 296 g/mol. The van der Waals surface area contributed by atoms with E-state index in [0.717, 1.165) is 5.57 Å². The van der Waals surface area contributed by atoms with Crippen LogP contribution in [0.2, 0.25) is 0 Å². The molecule has 0 unspecified atom stereocenters. The molecule has 0 amide bonds. The first kappa shape index (κ1) is 20.5. The predicted molar refractivity (Wildman–Crippen MR) is 103 cm³/mol. The summed E-state index contributed by atoms with van der Waals surface area (Å²) in [6.45, 7) is 6.06. The Morgan fingerprint density at radius 1 is 0.917 bits per heavy atom. The fourth-order valence-corrected chi connectivity index (χ4v) is 2.79. The number of benzene rings is 1. The maximum Gasteiger partial charge on any atom is 0.302 e. The third-order valence-electron chi connectivity index (χ3n) is 4.21. The molecule has 0 fully saturated rings. The first-order valence-electron chi connectivity index (χ1n) is 9.51. The molecule has 0 aromatic heterocycles. The minimum Gasteiger partial charge on any atom is -0.461 e. The van der Waals surface area contributed by atoms with E-state index in [9.17, 15) is 4.79 Å². The Balaban J connectivity index is 2.22. The van der Waals surface area contributed by atoms with Gasteiger partial charge in [0, 0.05) is 6.92 Å². The van der Waals surface area contributed by atoms with Gasteiger partial charge in [0.15, 0.2) is 0 Å². The van der Waals surface area contributed by atoms with Crippen LogP contribution in [0, 0.1) is 0 Å². The van der Waals surface area contributed by atoms with Crippen LogP contribution in [0.5, 0.6) is 0 Å². The topological polar surface area (TPSA) is 26.3 Å². The molecule has 1 rings (SSSR count). The number of esters is 1. The summed E-state index contributed by atoms with van der Waals surface area (Å²) in [5.41, 5.74) is 3.64. The maximum absolute atomic E-state index is 10.8. The molecule has 0 radical (unpaired) electrons. The Morgan fingerprint density at radius 2 is 1.50 bits per heavy atom. The summed E-state index contributed by atoms with van der Waals surface area (Å²) < 4.78 is 5.00. The standard InChI is InChI=1S/C22H34O2/c1-4-5-6-7-8-9-10-11-12-21-13-15-22(16-14-21)17-19(2)18-24-20(3)23/h13-17H,4-12,18H2,1-3H3. The number of carbonyl (C=O) groups is 1. The van der Waals surface area contributed by atoms with Gasteiger partial charge in [0.2, 0.25) is 0 Å². The van der Waals surface area contributed by atoms with E-state index >= 15 is 0 Å². The summed E-state index contributed by atoms with van der Waals surface area (Å²) in [7, 11) is 0. The molecular formula is C22H34O2. The zero-order valence-corrected chi connectivity index (χ0v) is 15.8. The zero-order valence-electron chi connectivity index (χ0n) is 15.8. The number of rotatable bonds is 12. The molecule has 2 heteroatoms. The van der Waals surface area contributed by atoms with Gasteiger partial charge in [-0.3, -0.25) is 4.79 Å². The van der Waals surface area contributed by atoms with Crippen LogP contribution in [0.25, 0.3) is 6.08 Å². The van der Waals surface area contributed by atoms with Crippen molar-refractivity contribution in [2.24, 2.45) is 0 Å². The molecule has 0 heterocycles. The van der Waals surface area contributed by atoms with Gasteiger partial charge in [0.25, 0.3) is 0 Å². The van der Waals surface area contributed by atoms with Gasteiger partial charge in [-0.05, 0) is 36.5 Å². The second-order valence-corrected chi connectivity index (χ2v) is 6.74. The van der Waals surface area contributed by atoms with E-state index in [2.05, 4.69) is 37.3 Å². The maximum atomic E-state index is 10.8. The van der Waals surface area contributed by atoms with Crippen LogP contribution in [-0.2, 0) is 16.0 Å². The first-order chi connectivity index (χ1) is 11.6. The molecule has 0 atom stereocenters. The normalized spacial score (nSPS) is 11.5.